The molecule has 3 saturated heterocycles. The number of aryl methyl sites for hydroxylation is 2. The summed E-state index contributed by atoms with van der Waals surface area (Å²) in [7, 11) is 4.06. The Labute approximate surface area is 378 Å². The Kier molecular flexibility index (Phi) is 17.4. The molecule has 338 valence electrons. The van der Waals surface area contributed by atoms with E-state index in [-0.39, 0.29) is 39.5 Å². The van der Waals surface area contributed by atoms with Gasteiger partial charge in [0, 0.05) is 55.7 Å². The van der Waals surface area contributed by atoms with Crippen LogP contribution in [0.15, 0.2) is 62.0 Å². The lowest BCUT2D eigenvalue weighted by atomic mass is 9.83. The van der Waals surface area contributed by atoms with Crippen molar-refractivity contribution in [3.63, 3.8) is 0 Å². The third-order valence-corrected chi connectivity index (χ3v) is 13.3. The second-order valence-electron chi connectivity index (χ2n) is 17.6. The summed E-state index contributed by atoms with van der Waals surface area (Å²) in [6.45, 7) is 18.7. The number of amides is 2. The number of nitrogens with zero attached hydrogens (tertiary/aromatic N) is 6. The number of hydrogen-bond donors (Lipinski definition) is 1. The summed E-state index contributed by atoms with van der Waals surface area (Å²) >= 11 is 6.80. The first kappa shape index (κ1) is 47.9. The monoisotopic (exact) mass is 881 g/mol. The summed E-state index contributed by atoms with van der Waals surface area (Å²) in [5.41, 5.74) is 6.16. The molecule has 1 aromatic heterocycles. The molecule has 12 heteroatoms. The summed E-state index contributed by atoms with van der Waals surface area (Å²) in [5, 5.41) is 3.21. The number of halogens is 3. The van der Waals surface area contributed by atoms with Gasteiger partial charge in [-0.05, 0) is 126 Å². The maximum Gasteiger partial charge on any atom is 0.243 e. The Morgan fingerprint density at radius 1 is 0.921 bits per heavy atom. The van der Waals surface area contributed by atoms with E-state index in [1.807, 2.05) is 26.1 Å². The van der Waals surface area contributed by atoms with Gasteiger partial charge in [-0.2, -0.15) is 0 Å². The van der Waals surface area contributed by atoms with Gasteiger partial charge in [-0.1, -0.05) is 85.8 Å². The van der Waals surface area contributed by atoms with Gasteiger partial charge in [-0.3, -0.25) is 19.8 Å². The van der Waals surface area contributed by atoms with Gasteiger partial charge in [0.05, 0.1) is 11.1 Å². The molecule has 9 nitrogen and oxygen atoms in total. The molecule has 4 aromatic rings. The number of likely N-dealkylation sites (N-methyl/N-ethyl adjacent to an activating group) is 2. The van der Waals surface area contributed by atoms with E-state index in [0.29, 0.717) is 42.9 Å². The number of unbranched alkanes of at least 4 members (excludes halogenated alkanes) is 5. The summed E-state index contributed by atoms with van der Waals surface area (Å²) in [6.07, 6.45) is 15.3. The maximum atomic E-state index is 16.4. The summed E-state index contributed by atoms with van der Waals surface area (Å²) in [5.74, 6) is -0.385. The van der Waals surface area contributed by atoms with E-state index in [9.17, 15) is 9.59 Å². The Morgan fingerprint density at radius 3 is 2.32 bits per heavy atom. The van der Waals surface area contributed by atoms with Gasteiger partial charge < -0.3 is 14.7 Å². The molecule has 2 amide bonds. The first-order chi connectivity index (χ1) is 30.4. The highest BCUT2D eigenvalue weighted by Gasteiger charge is 2.32. The SMILES string of the molecule is C=CC.C=Cc1cc(C)cc(C2CCN(CCCCCCCCc3cccc(F)c3-c3c(Cl)cc4c(N5CCN(C)CC5)ncnc4c3F)CC2)c1CN(C)C1CCC(=O)NC1=O. The molecule has 3 aliphatic heterocycles. The third kappa shape index (κ3) is 12.0. The normalized spacial score (nSPS) is 17.8. The molecular weight excluding hydrogens is 816 g/mol. The second kappa shape index (κ2) is 22.9. The predicted molar refractivity (Wildman–Crippen MR) is 254 cm³/mol. The number of nitrogens with one attached hydrogen (secondary N) is 1. The zero-order chi connectivity index (χ0) is 45.0. The van der Waals surface area contributed by atoms with Gasteiger partial charge in [0.1, 0.15) is 23.5 Å². The Bertz CT molecular complexity index is 2240. The van der Waals surface area contributed by atoms with Gasteiger partial charge in [0.2, 0.25) is 11.8 Å². The highest BCUT2D eigenvalue weighted by molar-refractivity contribution is 6.34. The van der Waals surface area contributed by atoms with Crippen molar-refractivity contribution < 1.29 is 18.4 Å². The van der Waals surface area contributed by atoms with Crippen LogP contribution in [0.5, 0.6) is 0 Å². The fourth-order valence-corrected chi connectivity index (χ4v) is 9.85. The number of hydrogen-bond acceptors (Lipinski definition) is 8. The van der Waals surface area contributed by atoms with Crippen LogP contribution in [0.4, 0.5) is 14.6 Å². The van der Waals surface area contributed by atoms with Crippen LogP contribution in [-0.2, 0) is 22.6 Å². The first-order valence-electron chi connectivity index (χ1n) is 22.9. The summed E-state index contributed by atoms with van der Waals surface area (Å²) < 4.78 is 31.9. The first-order valence-corrected chi connectivity index (χ1v) is 23.2. The fourth-order valence-electron chi connectivity index (χ4n) is 9.56. The van der Waals surface area contributed by atoms with Crippen LogP contribution in [0, 0.1) is 18.6 Å². The van der Waals surface area contributed by atoms with E-state index in [0.717, 1.165) is 102 Å². The standard InChI is InChI=1S/C48H60ClF2N7O2.C3H6/c1-5-33-27-32(2)28-36(38(33)30-56(4)41-16-17-42(59)54-48(41)60)34-18-21-57(22-19-34)20-11-9-7-6-8-10-13-35-14-12-15-40(50)43(35)44-39(49)29-37-46(45(44)51)52-31-53-47(37)58-25-23-55(3)24-26-58;1-3-2/h5,12,14-15,27-29,31,34,41H,1,6-11,13,16-26,30H2,2-4H3,(H,54,59,60);3H,1H2,2H3. The topological polar surface area (TPSA) is 84.9 Å². The van der Waals surface area contributed by atoms with Crippen LogP contribution < -0.4 is 10.2 Å². The summed E-state index contributed by atoms with van der Waals surface area (Å²) in [4.78, 5) is 42.2. The van der Waals surface area contributed by atoms with Crippen molar-refractivity contribution in [2.24, 2.45) is 0 Å². The van der Waals surface area contributed by atoms with E-state index < -0.39 is 11.6 Å². The molecule has 3 aromatic carbocycles. The number of piperidine rings is 2. The van der Waals surface area contributed by atoms with Gasteiger partial charge >= 0.3 is 0 Å². The number of imide groups is 1. The number of carbonyl (C=O) groups is 2. The van der Waals surface area contributed by atoms with Gasteiger partial charge in [-0.15, -0.1) is 6.58 Å². The van der Waals surface area contributed by atoms with Crippen molar-refractivity contribution in [1.82, 2.24) is 30.0 Å². The lowest BCUT2D eigenvalue weighted by Crippen LogP contribution is -2.51. The van der Waals surface area contributed by atoms with E-state index >= 15 is 8.78 Å². The van der Waals surface area contributed by atoms with Crippen LogP contribution in [0.1, 0.15) is 105 Å². The smallest absolute Gasteiger partial charge is 0.243 e. The van der Waals surface area contributed by atoms with Crippen LogP contribution >= 0.6 is 11.6 Å². The van der Waals surface area contributed by atoms with Crippen LogP contribution in [-0.4, -0.2) is 102 Å². The number of likely N-dealkylation sites (tertiary alicyclic amines) is 1. The number of benzene rings is 3. The van der Waals surface area contributed by atoms with Crippen molar-refractivity contribution in [2.75, 3.05) is 64.8 Å². The zero-order valence-corrected chi connectivity index (χ0v) is 38.6. The molecule has 4 heterocycles. The van der Waals surface area contributed by atoms with Crippen molar-refractivity contribution in [2.45, 2.75) is 103 Å². The van der Waals surface area contributed by atoms with E-state index in [2.05, 4.69) is 74.1 Å². The number of rotatable bonds is 16. The number of allylic oxidation sites excluding steroid dienone is 1. The quantitative estimate of drug-likeness (QED) is 0.0677. The lowest BCUT2D eigenvalue weighted by Gasteiger charge is -2.35. The van der Waals surface area contributed by atoms with E-state index in [4.69, 9.17) is 11.6 Å². The number of anilines is 1. The van der Waals surface area contributed by atoms with Gasteiger partial charge in [-0.25, -0.2) is 18.7 Å². The Morgan fingerprint density at radius 2 is 1.62 bits per heavy atom. The van der Waals surface area contributed by atoms with E-state index in [1.165, 1.54) is 35.5 Å². The number of aromatic nitrogens is 2. The molecule has 1 N–H and O–H groups in total. The summed E-state index contributed by atoms with van der Waals surface area (Å²) in [6, 6.07) is 10.8. The molecule has 1 atom stereocenters. The van der Waals surface area contributed by atoms with Crippen LogP contribution in [0.25, 0.3) is 28.1 Å². The number of fused-ring (bicyclic) bond motifs is 1. The fraction of sp³-hybridized carbons (Fsp3) is 0.490. The minimum atomic E-state index is -0.609. The molecule has 1 unspecified atom stereocenters. The lowest BCUT2D eigenvalue weighted by molar-refractivity contribution is -0.137. The highest BCUT2D eigenvalue weighted by Crippen LogP contribution is 2.41. The van der Waals surface area contributed by atoms with Crippen molar-refractivity contribution in [3.8, 4) is 11.1 Å². The van der Waals surface area contributed by atoms with Gasteiger partial charge in [0.15, 0.2) is 5.82 Å². The molecule has 7 rings (SSSR count). The molecule has 3 aliphatic rings. The Balaban J connectivity index is 0.00000214. The highest BCUT2D eigenvalue weighted by atomic mass is 35.5. The Hall–Kier alpha value is -4.55. The van der Waals surface area contributed by atoms with E-state index in [1.54, 1.807) is 18.2 Å². The predicted octanol–water partition coefficient (Wildman–Crippen LogP) is 10.1. The van der Waals surface area contributed by atoms with Gasteiger partial charge in [0.25, 0.3) is 0 Å². The molecule has 0 saturated carbocycles. The molecule has 0 radical (unpaired) electrons. The molecule has 0 aliphatic carbocycles. The van der Waals surface area contributed by atoms with Crippen molar-refractivity contribution in [3.05, 3.63) is 106 Å². The minimum Gasteiger partial charge on any atom is -0.353 e. The third-order valence-electron chi connectivity index (χ3n) is 13.0. The zero-order valence-electron chi connectivity index (χ0n) is 37.8. The van der Waals surface area contributed by atoms with Crippen LogP contribution in [0.2, 0.25) is 5.02 Å². The average molecular weight is 883 g/mol. The molecule has 0 bridgehead atoms. The largest absolute Gasteiger partial charge is 0.353 e. The average Bonchev–Trinajstić information content (AvgIpc) is 3.26. The molecule has 0 spiro atoms. The molecule has 63 heavy (non-hydrogen) atoms. The number of carbonyl (C=O) groups excluding carboxylic acids is 2. The number of piperazine rings is 1. The maximum absolute atomic E-state index is 16.4. The molecule has 3 fully saturated rings. The minimum absolute atomic E-state index is 0.0718. The second-order valence-corrected chi connectivity index (χ2v) is 18.0. The van der Waals surface area contributed by atoms with Crippen molar-refractivity contribution >= 4 is 46.2 Å². The van der Waals surface area contributed by atoms with Crippen molar-refractivity contribution in [1.29, 1.82) is 0 Å². The van der Waals surface area contributed by atoms with Crippen LogP contribution in [0.3, 0.4) is 0 Å². The molecular formula is C51H66ClF2N7O2.